The van der Waals surface area contributed by atoms with Gasteiger partial charge in [0.1, 0.15) is 0 Å². The second-order valence-electron chi connectivity index (χ2n) is 5.08. The predicted octanol–water partition coefficient (Wildman–Crippen LogP) is 2.94. The Morgan fingerprint density at radius 2 is 2.22 bits per heavy atom. The van der Waals surface area contributed by atoms with Crippen LogP contribution in [0.4, 0.5) is 0 Å². The van der Waals surface area contributed by atoms with E-state index in [-0.39, 0.29) is 6.04 Å². The number of rotatable bonds is 5. The van der Waals surface area contributed by atoms with Crippen LogP contribution < -0.4 is 5.32 Å². The second kappa shape index (κ2) is 5.96. The van der Waals surface area contributed by atoms with E-state index in [0.29, 0.717) is 23.7 Å². The van der Waals surface area contributed by atoms with Gasteiger partial charge in [-0.2, -0.15) is 0 Å². The fourth-order valence-corrected chi connectivity index (χ4v) is 2.20. The largest absolute Gasteiger partial charge is 0.424 e. The minimum absolute atomic E-state index is 0.132. The summed E-state index contributed by atoms with van der Waals surface area (Å²) >= 11 is 0. The molecule has 1 heterocycles. The molecule has 4 nitrogen and oxygen atoms in total. The molecule has 0 saturated heterocycles. The Labute approximate surface area is 108 Å². The van der Waals surface area contributed by atoms with Crippen LogP contribution in [0.25, 0.3) is 0 Å². The minimum Gasteiger partial charge on any atom is -0.424 e. The Balaban J connectivity index is 2.05. The van der Waals surface area contributed by atoms with E-state index in [9.17, 15) is 0 Å². The van der Waals surface area contributed by atoms with Gasteiger partial charge in [-0.3, -0.25) is 0 Å². The summed E-state index contributed by atoms with van der Waals surface area (Å²) in [5.74, 6) is 1.86. The van der Waals surface area contributed by atoms with Gasteiger partial charge in [-0.25, -0.2) is 0 Å². The highest BCUT2D eigenvalue weighted by Crippen LogP contribution is 2.25. The topological polar surface area (TPSA) is 51.0 Å². The van der Waals surface area contributed by atoms with Crippen molar-refractivity contribution in [3.8, 4) is 0 Å². The fraction of sp³-hybridized carbons (Fsp3) is 0.571. The van der Waals surface area contributed by atoms with Crippen molar-refractivity contribution in [1.29, 1.82) is 0 Å². The van der Waals surface area contributed by atoms with Gasteiger partial charge >= 0.3 is 0 Å². The molecule has 0 aromatic carbocycles. The van der Waals surface area contributed by atoms with Crippen LogP contribution >= 0.6 is 0 Å². The normalized spacial score (nSPS) is 20.6. The maximum Gasteiger partial charge on any atom is 0.233 e. The molecule has 1 aliphatic rings. The van der Waals surface area contributed by atoms with Gasteiger partial charge in [0.25, 0.3) is 0 Å². The van der Waals surface area contributed by atoms with Crippen LogP contribution in [-0.2, 0) is 0 Å². The molecule has 2 atom stereocenters. The highest BCUT2D eigenvalue weighted by molar-refractivity contribution is 5.11. The van der Waals surface area contributed by atoms with Crippen molar-refractivity contribution in [2.45, 2.75) is 45.7 Å². The van der Waals surface area contributed by atoms with E-state index in [0.717, 1.165) is 12.8 Å². The number of nitrogens with one attached hydrogen (secondary N) is 1. The molecule has 0 radical (unpaired) electrons. The van der Waals surface area contributed by atoms with Crippen molar-refractivity contribution in [1.82, 2.24) is 15.5 Å². The smallest absolute Gasteiger partial charge is 0.233 e. The lowest BCUT2D eigenvalue weighted by atomic mass is 9.93. The lowest BCUT2D eigenvalue weighted by Crippen LogP contribution is -2.30. The van der Waals surface area contributed by atoms with Crippen molar-refractivity contribution in [3.63, 3.8) is 0 Å². The summed E-state index contributed by atoms with van der Waals surface area (Å²) in [5.41, 5.74) is 0. The van der Waals surface area contributed by atoms with E-state index >= 15 is 0 Å². The van der Waals surface area contributed by atoms with E-state index in [2.05, 4.69) is 53.7 Å². The van der Waals surface area contributed by atoms with Gasteiger partial charge in [0.05, 0.1) is 6.04 Å². The molecule has 0 amide bonds. The number of hydrogen-bond acceptors (Lipinski definition) is 4. The van der Waals surface area contributed by atoms with Crippen LogP contribution in [0.5, 0.6) is 0 Å². The summed E-state index contributed by atoms with van der Waals surface area (Å²) in [7, 11) is 0. The minimum atomic E-state index is 0.132. The van der Waals surface area contributed by atoms with Crippen molar-refractivity contribution >= 4 is 0 Å². The first kappa shape index (κ1) is 13.0. The van der Waals surface area contributed by atoms with Gasteiger partial charge < -0.3 is 9.73 Å². The monoisotopic (exact) mass is 247 g/mol. The Morgan fingerprint density at radius 3 is 2.78 bits per heavy atom. The third-order valence-electron chi connectivity index (χ3n) is 2.98. The molecule has 18 heavy (non-hydrogen) atoms. The van der Waals surface area contributed by atoms with Crippen molar-refractivity contribution in [2.24, 2.45) is 5.92 Å². The Bertz CT molecular complexity index is 434. The van der Waals surface area contributed by atoms with Crippen molar-refractivity contribution in [3.05, 3.63) is 36.1 Å². The first-order chi connectivity index (χ1) is 8.65. The first-order valence-electron chi connectivity index (χ1n) is 6.54. The van der Waals surface area contributed by atoms with E-state index < -0.39 is 0 Å². The van der Waals surface area contributed by atoms with E-state index in [1.807, 2.05) is 6.92 Å². The van der Waals surface area contributed by atoms with Crippen LogP contribution in [0.3, 0.4) is 0 Å². The number of allylic oxidation sites excluding steroid dienone is 4. The molecule has 4 heteroatoms. The Morgan fingerprint density at radius 1 is 1.39 bits per heavy atom. The standard InChI is InChI=1S/C14H21N3O/c1-10(2)15-13(14-17-16-11(3)18-14)9-12-7-5-4-6-8-12/h4-7,10,12-13,15H,8-9H2,1-3H3. The summed E-state index contributed by atoms with van der Waals surface area (Å²) in [5, 5.41) is 11.6. The molecule has 0 bridgehead atoms. The summed E-state index contributed by atoms with van der Waals surface area (Å²) < 4.78 is 5.56. The molecule has 0 aliphatic heterocycles. The van der Waals surface area contributed by atoms with Crippen LogP contribution in [0.1, 0.15) is 44.5 Å². The van der Waals surface area contributed by atoms with E-state index in [1.165, 1.54) is 0 Å². The lowest BCUT2D eigenvalue weighted by Gasteiger charge is -2.22. The maximum atomic E-state index is 5.56. The zero-order valence-corrected chi connectivity index (χ0v) is 11.3. The second-order valence-corrected chi connectivity index (χ2v) is 5.08. The molecule has 1 aliphatic carbocycles. The maximum absolute atomic E-state index is 5.56. The molecule has 2 unspecified atom stereocenters. The van der Waals surface area contributed by atoms with Crippen LogP contribution in [-0.4, -0.2) is 16.2 Å². The first-order valence-corrected chi connectivity index (χ1v) is 6.54. The molecule has 2 rings (SSSR count). The van der Waals surface area contributed by atoms with Gasteiger partial charge in [-0.1, -0.05) is 38.2 Å². The molecular weight excluding hydrogens is 226 g/mol. The third kappa shape index (κ3) is 3.53. The summed E-state index contributed by atoms with van der Waals surface area (Å²) in [6.45, 7) is 6.09. The number of hydrogen-bond donors (Lipinski definition) is 1. The number of aryl methyl sites for hydroxylation is 1. The van der Waals surface area contributed by atoms with Crippen LogP contribution in [0.2, 0.25) is 0 Å². The van der Waals surface area contributed by atoms with Gasteiger partial charge in [-0.15, -0.1) is 10.2 Å². The fourth-order valence-electron chi connectivity index (χ4n) is 2.20. The Hall–Kier alpha value is -1.42. The average Bonchev–Trinajstić information content (AvgIpc) is 2.76. The Kier molecular flexibility index (Phi) is 4.31. The highest BCUT2D eigenvalue weighted by Gasteiger charge is 2.22. The molecule has 0 spiro atoms. The van der Waals surface area contributed by atoms with Gasteiger partial charge in [0.2, 0.25) is 11.8 Å². The molecule has 1 aromatic heterocycles. The van der Waals surface area contributed by atoms with Crippen molar-refractivity contribution < 1.29 is 4.42 Å². The quantitative estimate of drug-likeness (QED) is 0.869. The predicted molar refractivity (Wildman–Crippen MR) is 71.1 cm³/mol. The summed E-state index contributed by atoms with van der Waals surface area (Å²) in [6.07, 6.45) is 10.7. The lowest BCUT2D eigenvalue weighted by molar-refractivity contribution is 0.329. The highest BCUT2D eigenvalue weighted by atomic mass is 16.4. The average molecular weight is 247 g/mol. The molecule has 1 N–H and O–H groups in total. The van der Waals surface area contributed by atoms with Gasteiger partial charge in [0.15, 0.2) is 0 Å². The van der Waals surface area contributed by atoms with Crippen molar-refractivity contribution in [2.75, 3.05) is 0 Å². The molecule has 0 saturated carbocycles. The molecule has 0 fully saturated rings. The molecule has 98 valence electrons. The number of nitrogens with zero attached hydrogens (tertiary/aromatic N) is 2. The number of aromatic nitrogens is 2. The van der Waals surface area contributed by atoms with E-state index in [4.69, 9.17) is 4.42 Å². The van der Waals surface area contributed by atoms with E-state index in [1.54, 1.807) is 0 Å². The SMILES string of the molecule is Cc1nnc(C(CC2C=CC=CC2)NC(C)C)o1. The third-order valence-corrected chi connectivity index (χ3v) is 2.98. The van der Waals surface area contributed by atoms with Gasteiger partial charge in [-0.05, 0) is 18.8 Å². The zero-order valence-electron chi connectivity index (χ0n) is 11.3. The van der Waals surface area contributed by atoms with Crippen LogP contribution in [0, 0.1) is 12.8 Å². The molecule has 1 aromatic rings. The van der Waals surface area contributed by atoms with Crippen LogP contribution in [0.15, 0.2) is 28.7 Å². The summed E-state index contributed by atoms with van der Waals surface area (Å²) in [6, 6.07) is 0.526. The van der Waals surface area contributed by atoms with Gasteiger partial charge in [0, 0.05) is 13.0 Å². The molecular formula is C14H21N3O. The summed E-state index contributed by atoms with van der Waals surface area (Å²) in [4.78, 5) is 0. The zero-order chi connectivity index (χ0) is 13.0.